The van der Waals surface area contributed by atoms with Gasteiger partial charge < -0.3 is 15.0 Å². The van der Waals surface area contributed by atoms with Gasteiger partial charge in [-0.05, 0) is 30.5 Å². The Morgan fingerprint density at radius 3 is 2.59 bits per heavy atom. The number of esters is 1. The van der Waals surface area contributed by atoms with Crippen LogP contribution >= 0.6 is 0 Å². The molecule has 0 saturated carbocycles. The number of carbonyl (C=O) groups excluding carboxylic acids is 2. The molecule has 150 valence electrons. The molecule has 7 heteroatoms. The summed E-state index contributed by atoms with van der Waals surface area (Å²) in [5.41, 5.74) is 1.55. The summed E-state index contributed by atoms with van der Waals surface area (Å²) >= 11 is 0. The van der Waals surface area contributed by atoms with Crippen molar-refractivity contribution in [2.75, 3.05) is 13.2 Å². The van der Waals surface area contributed by atoms with E-state index in [1.807, 2.05) is 30.3 Å². The average molecular weight is 393 g/mol. The second-order valence-corrected chi connectivity index (χ2v) is 6.63. The molecule has 1 aromatic heterocycles. The van der Waals surface area contributed by atoms with Gasteiger partial charge in [-0.1, -0.05) is 42.5 Å². The van der Waals surface area contributed by atoms with Crippen LogP contribution in [0.1, 0.15) is 24.2 Å². The van der Waals surface area contributed by atoms with E-state index in [-0.39, 0.29) is 30.9 Å². The van der Waals surface area contributed by atoms with E-state index in [9.17, 15) is 14.4 Å². The summed E-state index contributed by atoms with van der Waals surface area (Å²) in [5, 5.41) is 3.24. The quantitative estimate of drug-likeness (QED) is 0.428. The molecule has 0 aliphatic heterocycles. The molecule has 7 nitrogen and oxygen atoms in total. The molecule has 3 rings (SSSR count). The molecule has 0 aliphatic rings. The smallest absolute Gasteiger partial charge is 0.306 e. The number of H-pyrrole nitrogens is 1. The number of nitrogens with one attached hydrogen (secondary N) is 2. The molecule has 0 fully saturated rings. The van der Waals surface area contributed by atoms with Crippen LogP contribution in [0.3, 0.4) is 0 Å². The zero-order valence-corrected chi connectivity index (χ0v) is 16.0. The average Bonchev–Trinajstić information content (AvgIpc) is 2.74. The lowest BCUT2D eigenvalue weighted by molar-refractivity contribution is -0.148. The summed E-state index contributed by atoms with van der Waals surface area (Å²) in [6.07, 6.45) is 1.95. The van der Waals surface area contributed by atoms with Crippen LogP contribution in [0.4, 0.5) is 0 Å². The van der Waals surface area contributed by atoms with Crippen LogP contribution in [0.15, 0.2) is 59.4 Å². The number of rotatable bonds is 9. The molecule has 29 heavy (non-hydrogen) atoms. The van der Waals surface area contributed by atoms with Gasteiger partial charge in [-0.2, -0.15) is 0 Å². The van der Waals surface area contributed by atoms with Gasteiger partial charge in [0.25, 0.3) is 11.5 Å². The van der Waals surface area contributed by atoms with Gasteiger partial charge in [0, 0.05) is 13.0 Å². The van der Waals surface area contributed by atoms with Crippen molar-refractivity contribution in [3.05, 3.63) is 76.3 Å². The molecule has 2 aromatic carbocycles. The maximum atomic E-state index is 12.0. The van der Waals surface area contributed by atoms with Crippen molar-refractivity contribution in [1.29, 1.82) is 0 Å². The number of ether oxygens (including phenoxy) is 1. The van der Waals surface area contributed by atoms with E-state index in [1.54, 1.807) is 24.3 Å². The van der Waals surface area contributed by atoms with Gasteiger partial charge in [-0.3, -0.25) is 14.4 Å². The van der Waals surface area contributed by atoms with Gasteiger partial charge in [0.1, 0.15) is 5.82 Å². The number of hydrogen-bond donors (Lipinski definition) is 2. The molecule has 0 saturated heterocycles. The first-order chi connectivity index (χ1) is 14.1. The Morgan fingerprint density at radius 1 is 1.00 bits per heavy atom. The van der Waals surface area contributed by atoms with Crippen molar-refractivity contribution in [2.24, 2.45) is 0 Å². The fourth-order valence-corrected chi connectivity index (χ4v) is 2.91. The monoisotopic (exact) mass is 393 g/mol. The highest BCUT2D eigenvalue weighted by atomic mass is 16.5. The second kappa shape index (κ2) is 10.2. The summed E-state index contributed by atoms with van der Waals surface area (Å²) in [6.45, 7) is 0.208. The summed E-state index contributed by atoms with van der Waals surface area (Å²) in [6, 6.07) is 17.0. The van der Waals surface area contributed by atoms with Crippen molar-refractivity contribution >= 4 is 22.8 Å². The van der Waals surface area contributed by atoms with Gasteiger partial charge in [0.05, 0.1) is 17.3 Å². The van der Waals surface area contributed by atoms with Gasteiger partial charge in [-0.15, -0.1) is 0 Å². The summed E-state index contributed by atoms with van der Waals surface area (Å²) in [7, 11) is 0. The summed E-state index contributed by atoms with van der Waals surface area (Å²) in [5.74, 6) is -0.431. The summed E-state index contributed by atoms with van der Waals surface area (Å²) in [4.78, 5) is 42.6. The van der Waals surface area contributed by atoms with E-state index in [4.69, 9.17) is 4.74 Å². The molecule has 0 radical (unpaired) electrons. The van der Waals surface area contributed by atoms with E-state index in [0.29, 0.717) is 23.3 Å². The standard InChI is InChI=1S/C22H23N3O4/c26-20(23-14-6-9-16-7-2-1-3-8-16)15-29-21(27)13-12-19-24-18-11-5-4-10-17(18)22(28)25-19/h1-5,7-8,10-11H,6,9,12-15H2,(H,23,26)(H,24,25,28). The Bertz CT molecular complexity index is 1030. The number of amides is 1. The molecule has 1 heterocycles. The minimum atomic E-state index is -0.514. The number of aromatic nitrogens is 2. The third kappa shape index (κ3) is 6.27. The second-order valence-electron chi connectivity index (χ2n) is 6.63. The van der Waals surface area contributed by atoms with E-state index in [0.717, 1.165) is 12.8 Å². The molecule has 2 N–H and O–H groups in total. The number of carbonyl (C=O) groups is 2. The van der Waals surface area contributed by atoms with Gasteiger partial charge >= 0.3 is 5.97 Å². The number of aryl methyl sites for hydroxylation is 2. The topological polar surface area (TPSA) is 101 Å². The Kier molecular flexibility index (Phi) is 7.10. The van der Waals surface area contributed by atoms with Gasteiger partial charge in [0.2, 0.25) is 0 Å². The highest BCUT2D eigenvalue weighted by Gasteiger charge is 2.10. The van der Waals surface area contributed by atoms with Crippen LogP contribution in [-0.2, 0) is 27.2 Å². The normalized spacial score (nSPS) is 10.6. The van der Waals surface area contributed by atoms with Crippen molar-refractivity contribution in [3.8, 4) is 0 Å². The maximum Gasteiger partial charge on any atom is 0.306 e. The Hall–Kier alpha value is -3.48. The number of hydrogen-bond acceptors (Lipinski definition) is 5. The predicted octanol–water partition coefficient (Wildman–Crippen LogP) is 2.15. The van der Waals surface area contributed by atoms with Crippen molar-refractivity contribution in [3.63, 3.8) is 0 Å². The molecule has 0 bridgehead atoms. The van der Waals surface area contributed by atoms with Crippen molar-refractivity contribution in [2.45, 2.75) is 25.7 Å². The van der Waals surface area contributed by atoms with Crippen molar-refractivity contribution in [1.82, 2.24) is 15.3 Å². The molecule has 0 aliphatic carbocycles. The Balaban J connectivity index is 1.35. The lowest BCUT2D eigenvalue weighted by Crippen LogP contribution is -2.29. The third-order valence-corrected chi connectivity index (χ3v) is 4.40. The van der Waals surface area contributed by atoms with Crippen LogP contribution in [0, 0.1) is 0 Å². The predicted molar refractivity (Wildman–Crippen MR) is 109 cm³/mol. The van der Waals surface area contributed by atoms with Crippen LogP contribution in [0.2, 0.25) is 0 Å². The van der Waals surface area contributed by atoms with E-state index in [1.165, 1.54) is 5.56 Å². The molecule has 0 atom stereocenters. The fourth-order valence-electron chi connectivity index (χ4n) is 2.91. The lowest BCUT2D eigenvalue weighted by atomic mass is 10.1. The highest BCUT2D eigenvalue weighted by Crippen LogP contribution is 2.07. The molecular weight excluding hydrogens is 370 g/mol. The molecule has 0 spiro atoms. The zero-order chi connectivity index (χ0) is 20.5. The molecule has 0 unspecified atom stereocenters. The molecule has 1 amide bonds. The Labute approximate surface area is 168 Å². The van der Waals surface area contributed by atoms with E-state index < -0.39 is 5.97 Å². The molecular formula is C22H23N3O4. The maximum absolute atomic E-state index is 12.0. The third-order valence-electron chi connectivity index (χ3n) is 4.40. The van der Waals surface area contributed by atoms with Crippen LogP contribution in [0.25, 0.3) is 10.9 Å². The van der Waals surface area contributed by atoms with Crippen LogP contribution in [-0.4, -0.2) is 35.0 Å². The van der Waals surface area contributed by atoms with Crippen LogP contribution in [0.5, 0.6) is 0 Å². The first-order valence-corrected chi connectivity index (χ1v) is 9.56. The molecule has 3 aromatic rings. The first-order valence-electron chi connectivity index (χ1n) is 9.56. The highest BCUT2D eigenvalue weighted by molar-refractivity contribution is 5.80. The largest absolute Gasteiger partial charge is 0.456 e. The van der Waals surface area contributed by atoms with Crippen molar-refractivity contribution < 1.29 is 14.3 Å². The van der Waals surface area contributed by atoms with Gasteiger partial charge in [-0.25, -0.2) is 4.98 Å². The number of nitrogens with zero attached hydrogens (tertiary/aromatic N) is 1. The van der Waals surface area contributed by atoms with E-state index >= 15 is 0 Å². The zero-order valence-electron chi connectivity index (χ0n) is 16.0. The fraction of sp³-hybridized carbons (Fsp3) is 0.273. The van der Waals surface area contributed by atoms with E-state index in [2.05, 4.69) is 15.3 Å². The number of fused-ring (bicyclic) bond motifs is 1. The number of aromatic amines is 1. The SMILES string of the molecule is O=C(COC(=O)CCc1nc2ccccc2c(=O)[nH]1)NCCCc1ccccc1. The lowest BCUT2D eigenvalue weighted by Gasteiger charge is -2.07. The summed E-state index contributed by atoms with van der Waals surface area (Å²) < 4.78 is 4.99. The number of benzene rings is 2. The minimum absolute atomic E-state index is 0.0303. The van der Waals surface area contributed by atoms with Gasteiger partial charge in [0.15, 0.2) is 6.61 Å². The minimum Gasteiger partial charge on any atom is -0.456 e. The Morgan fingerprint density at radius 2 is 1.76 bits per heavy atom. The number of para-hydroxylation sites is 1. The van der Waals surface area contributed by atoms with Crippen LogP contribution < -0.4 is 10.9 Å². The first kappa shape index (κ1) is 20.3.